The Morgan fingerprint density at radius 3 is 2.64 bits per heavy atom. The quantitative estimate of drug-likeness (QED) is 0.922. The summed E-state index contributed by atoms with van der Waals surface area (Å²) < 4.78 is 4.98. The van der Waals surface area contributed by atoms with Crippen LogP contribution in [0.4, 0.5) is 11.6 Å². The highest BCUT2D eigenvalue weighted by atomic mass is 16.5. The second-order valence-electron chi connectivity index (χ2n) is 7.56. The van der Waals surface area contributed by atoms with Gasteiger partial charge in [0.1, 0.15) is 17.4 Å². The largest absolute Gasteiger partial charge is 0.360 e. The van der Waals surface area contributed by atoms with E-state index in [0.717, 1.165) is 37.6 Å². The number of nitrogens with one attached hydrogen (secondary N) is 1. The van der Waals surface area contributed by atoms with Crippen molar-refractivity contribution in [3.05, 3.63) is 29.9 Å². The van der Waals surface area contributed by atoms with Crippen molar-refractivity contribution in [1.82, 2.24) is 15.1 Å². The third kappa shape index (κ3) is 4.15. The van der Waals surface area contributed by atoms with Gasteiger partial charge in [0.05, 0.1) is 0 Å². The summed E-state index contributed by atoms with van der Waals surface area (Å²) >= 11 is 0. The highest BCUT2D eigenvalue weighted by Crippen LogP contribution is 2.25. The Morgan fingerprint density at radius 2 is 2.04 bits per heavy atom. The zero-order valence-electron chi connectivity index (χ0n) is 15.2. The van der Waals surface area contributed by atoms with Crippen molar-refractivity contribution in [2.24, 2.45) is 5.92 Å². The number of carbonyl (C=O) groups is 1. The minimum atomic E-state index is -0.0794. The van der Waals surface area contributed by atoms with Crippen LogP contribution in [-0.2, 0) is 10.2 Å². The number of rotatable bonds is 3. The van der Waals surface area contributed by atoms with Gasteiger partial charge in [-0.05, 0) is 25.8 Å². The molecule has 2 aromatic heterocycles. The number of hydrogen-bond donors (Lipinski definition) is 1. The van der Waals surface area contributed by atoms with Crippen molar-refractivity contribution in [3.8, 4) is 0 Å². The average Bonchev–Trinajstić information content (AvgIpc) is 2.99. The minimum Gasteiger partial charge on any atom is -0.360 e. The fraction of sp³-hybridized carbons (Fsp3) is 0.556. The molecule has 1 fully saturated rings. The van der Waals surface area contributed by atoms with E-state index in [1.54, 1.807) is 13.0 Å². The molecule has 3 rings (SSSR count). The van der Waals surface area contributed by atoms with Crippen LogP contribution < -0.4 is 10.2 Å². The molecule has 0 saturated carbocycles. The van der Waals surface area contributed by atoms with E-state index in [9.17, 15) is 4.79 Å². The van der Waals surface area contributed by atoms with Crippen molar-refractivity contribution < 1.29 is 9.32 Å². The summed E-state index contributed by atoms with van der Waals surface area (Å²) in [5.41, 5.74) is -0.0794. The third-order valence-electron chi connectivity index (χ3n) is 4.38. The third-order valence-corrected chi connectivity index (χ3v) is 4.38. The molecule has 2 aromatic rings. The van der Waals surface area contributed by atoms with E-state index in [1.807, 2.05) is 12.3 Å². The second kappa shape index (κ2) is 6.82. The number of anilines is 2. The Morgan fingerprint density at radius 1 is 1.32 bits per heavy atom. The first-order valence-corrected chi connectivity index (χ1v) is 8.65. The number of carbonyl (C=O) groups excluding carboxylic acids is 1. The summed E-state index contributed by atoms with van der Waals surface area (Å²) in [4.78, 5) is 23.7. The van der Waals surface area contributed by atoms with Gasteiger partial charge in [-0.2, -0.15) is 0 Å². The fourth-order valence-corrected chi connectivity index (χ4v) is 2.91. The van der Waals surface area contributed by atoms with Crippen molar-refractivity contribution >= 4 is 17.5 Å². The molecule has 0 atom stereocenters. The predicted octanol–water partition coefficient (Wildman–Crippen LogP) is 2.93. The maximum Gasteiger partial charge on any atom is 0.228 e. The highest BCUT2D eigenvalue weighted by Gasteiger charge is 2.27. The van der Waals surface area contributed by atoms with Gasteiger partial charge in [-0.3, -0.25) is 4.79 Å². The van der Waals surface area contributed by atoms with Gasteiger partial charge in [0, 0.05) is 36.7 Å². The van der Waals surface area contributed by atoms with Gasteiger partial charge < -0.3 is 14.7 Å². The fourth-order valence-electron chi connectivity index (χ4n) is 2.91. The smallest absolute Gasteiger partial charge is 0.228 e. The van der Waals surface area contributed by atoms with E-state index in [-0.39, 0.29) is 17.2 Å². The number of hydrogen-bond acceptors (Lipinski definition) is 6. The maximum absolute atomic E-state index is 12.4. The van der Waals surface area contributed by atoms with Crippen LogP contribution in [0, 0.1) is 12.8 Å². The Labute approximate surface area is 147 Å². The molecular weight excluding hydrogens is 318 g/mol. The summed E-state index contributed by atoms with van der Waals surface area (Å²) in [5, 5.41) is 6.64. The zero-order chi connectivity index (χ0) is 18.0. The Kier molecular flexibility index (Phi) is 4.74. The summed E-state index contributed by atoms with van der Waals surface area (Å²) in [6, 6.07) is 3.66. The van der Waals surface area contributed by atoms with Crippen molar-refractivity contribution in [2.45, 2.75) is 46.0 Å². The lowest BCUT2D eigenvalue weighted by Crippen LogP contribution is -2.39. The molecule has 1 aliphatic heterocycles. The lowest BCUT2D eigenvalue weighted by molar-refractivity contribution is -0.120. The molecule has 1 aliphatic rings. The summed E-state index contributed by atoms with van der Waals surface area (Å²) in [5.74, 6) is 2.93. The molecule has 134 valence electrons. The van der Waals surface area contributed by atoms with Gasteiger partial charge >= 0.3 is 0 Å². The lowest BCUT2D eigenvalue weighted by Gasteiger charge is -2.32. The van der Waals surface area contributed by atoms with Crippen LogP contribution in [0.1, 0.15) is 45.2 Å². The van der Waals surface area contributed by atoms with Gasteiger partial charge in [0.15, 0.2) is 5.82 Å². The molecule has 1 saturated heterocycles. The SMILES string of the molecule is Cc1cc(NC(=O)C2CCN(c3ccnc(C(C)(C)C)n3)CC2)no1. The molecule has 1 N–H and O–H groups in total. The molecule has 25 heavy (non-hydrogen) atoms. The van der Waals surface area contributed by atoms with Gasteiger partial charge in [0.25, 0.3) is 0 Å². The topological polar surface area (TPSA) is 84.2 Å². The Bertz CT molecular complexity index is 742. The lowest BCUT2D eigenvalue weighted by atomic mass is 9.95. The first kappa shape index (κ1) is 17.4. The van der Waals surface area contributed by atoms with Crippen LogP contribution >= 0.6 is 0 Å². The average molecular weight is 343 g/mol. The van der Waals surface area contributed by atoms with Gasteiger partial charge in [-0.15, -0.1) is 0 Å². The van der Waals surface area contributed by atoms with E-state index < -0.39 is 0 Å². The van der Waals surface area contributed by atoms with Crippen LogP contribution in [0.2, 0.25) is 0 Å². The van der Waals surface area contributed by atoms with Gasteiger partial charge in [-0.25, -0.2) is 9.97 Å². The van der Waals surface area contributed by atoms with Crippen LogP contribution in [-0.4, -0.2) is 34.1 Å². The molecule has 7 heteroatoms. The highest BCUT2D eigenvalue weighted by molar-refractivity contribution is 5.91. The number of amides is 1. The molecule has 0 unspecified atom stereocenters. The van der Waals surface area contributed by atoms with Crippen molar-refractivity contribution in [2.75, 3.05) is 23.3 Å². The summed E-state index contributed by atoms with van der Waals surface area (Å²) in [6.45, 7) is 9.72. The van der Waals surface area contributed by atoms with Crippen LogP contribution in [0.25, 0.3) is 0 Å². The molecule has 0 bridgehead atoms. The first-order chi connectivity index (χ1) is 11.8. The number of piperidine rings is 1. The molecule has 1 amide bonds. The van der Waals surface area contributed by atoms with Crippen molar-refractivity contribution in [1.29, 1.82) is 0 Å². The van der Waals surface area contributed by atoms with E-state index in [2.05, 4.69) is 41.1 Å². The molecule has 0 aliphatic carbocycles. The van der Waals surface area contributed by atoms with Gasteiger partial charge in [-0.1, -0.05) is 25.9 Å². The number of nitrogens with zero attached hydrogens (tertiary/aromatic N) is 4. The normalized spacial score (nSPS) is 16.1. The Hall–Kier alpha value is -2.44. The predicted molar refractivity (Wildman–Crippen MR) is 95.5 cm³/mol. The maximum atomic E-state index is 12.4. The molecule has 3 heterocycles. The molecule has 0 radical (unpaired) electrons. The Balaban J connectivity index is 1.59. The van der Waals surface area contributed by atoms with Crippen molar-refractivity contribution in [3.63, 3.8) is 0 Å². The number of aryl methyl sites for hydroxylation is 1. The second-order valence-corrected chi connectivity index (χ2v) is 7.56. The summed E-state index contributed by atoms with van der Waals surface area (Å²) in [7, 11) is 0. The van der Waals surface area contributed by atoms with Gasteiger partial charge in [0.2, 0.25) is 5.91 Å². The zero-order valence-corrected chi connectivity index (χ0v) is 15.2. The molecular formula is C18H25N5O2. The van der Waals surface area contributed by atoms with E-state index in [0.29, 0.717) is 11.6 Å². The first-order valence-electron chi connectivity index (χ1n) is 8.65. The van der Waals surface area contributed by atoms with Crippen LogP contribution in [0.15, 0.2) is 22.9 Å². The standard InChI is InChI=1S/C18H25N5O2/c1-12-11-14(22-25-12)20-16(24)13-6-9-23(10-7-13)15-5-8-19-17(21-15)18(2,3)4/h5,8,11,13H,6-7,9-10H2,1-4H3,(H,20,22,24). The van der Waals surface area contributed by atoms with Crippen LogP contribution in [0.3, 0.4) is 0 Å². The molecule has 7 nitrogen and oxygen atoms in total. The summed E-state index contributed by atoms with van der Waals surface area (Å²) in [6.07, 6.45) is 3.39. The van der Waals surface area contributed by atoms with E-state index in [4.69, 9.17) is 9.51 Å². The molecule has 0 aromatic carbocycles. The minimum absolute atomic E-state index is 0.00557. The monoisotopic (exact) mass is 343 g/mol. The van der Waals surface area contributed by atoms with E-state index >= 15 is 0 Å². The number of aromatic nitrogens is 3. The van der Waals surface area contributed by atoms with E-state index in [1.165, 1.54) is 0 Å². The molecule has 0 spiro atoms. The van der Waals surface area contributed by atoms with Crippen LogP contribution in [0.5, 0.6) is 0 Å².